The number of likely N-dealkylation sites (N-methyl/N-ethyl adjacent to an activating group) is 1. The first kappa shape index (κ1) is 27.5. The number of nitrogens with zero attached hydrogens (tertiary/aromatic N) is 3. The Kier molecular flexibility index (Phi) is 7.53. The predicted octanol–water partition coefficient (Wildman–Crippen LogP) is 4.26. The minimum absolute atomic E-state index is 0.00934. The number of fused-ring (bicyclic) bond motifs is 1. The van der Waals surface area contributed by atoms with Gasteiger partial charge in [-0.2, -0.15) is 0 Å². The van der Waals surface area contributed by atoms with Gasteiger partial charge in [0.25, 0.3) is 5.91 Å². The van der Waals surface area contributed by atoms with Gasteiger partial charge in [-0.15, -0.1) is 0 Å². The molecular weight excluding hydrogens is 508 g/mol. The fourth-order valence-corrected chi connectivity index (χ4v) is 4.23. The first-order valence-corrected chi connectivity index (χ1v) is 12.1. The summed E-state index contributed by atoms with van der Waals surface area (Å²) in [4.78, 5) is 34.4. The van der Waals surface area contributed by atoms with E-state index in [1.54, 1.807) is 14.0 Å². The van der Waals surface area contributed by atoms with Crippen LogP contribution in [0.5, 0.6) is 11.5 Å². The Morgan fingerprint density at radius 3 is 2.72 bits per heavy atom. The molecule has 0 aliphatic carbocycles. The molecule has 1 aliphatic rings. The average molecular weight is 538 g/mol. The summed E-state index contributed by atoms with van der Waals surface area (Å²) < 4.78 is 41.2. The molecule has 0 saturated carbocycles. The van der Waals surface area contributed by atoms with E-state index in [1.165, 1.54) is 35.5 Å². The van der Waals surface area contributed by atoms with E-state index in [-0.39, 0.29) is 58.5 Å². The number of rotatable bonds is 8. The van der Waals surface area contributed by atoms with Crippen LogP contribution in [0.4, 0.5) is 20.3 Å². The molecule has 4 rings (SSSR count). The second-order valence-electron chi connectivity index (χ2n) is 9.83. The van der Waals surface area contributed by atoms with Crippen LogP contribution in [-0.4, -0.2) is 53.5 Å². The third kappa shape index (κ3) is 5.52. The molecule has 204 valence electrons. The van der Waals surface area contributed by atoms with Gasteiger partial charge in [0.1, 0.15) is 36.0 Å². The van der Waals surface area contributed by atoms with Crippen molar-refractivity contribution in [1.29, 1.82) is 0 Å². The normalized spacial score (nSPS) is 13.3. The molecule has 9 nitrogen and oxygen atoms in total. The van der Waals surface area contributed by atoms with Gasteiger partial charge in [0.05, 0.1) is 18.7 Å². The summed E-state index contributed by atoms with van der Waals surface area (Å²) in [5, 5.41) is 2.60. The third-order valence-electron chi connectivity index (χ3n) is 6.56. The summed E-state index contributed by atoms with van der Waals surface area (Å²) in [6.45, 7) is 9.57. The number of hydrogen-bond acceptors (Lipinski definition) is 7. The Hall–Kier alpha value is -4.54. The van der Waals surface area contributed by atoms with Gasteiger partial charge in [-0.3, -0.25) is 9.59 Å². The Morgan fingerprint density at radius 2 is 2.00 bits per heavy atom. The highest BCUT2D eigenvalue weighted by molar-refractivity contribution is 6.05. The Bertz CT molecular complexity index is 1470. The first-order valence-electron chi connectivity index (χ1n) is 12.1. The lowest BCUT2D eigenvalue weighted by molar-refractivity contribution is -0.125. The van der Waals surface area contributed by atoms with Crippen LogP contribution >= 0.6 is 0 Å². The minimum Gasteiger partial charge on any atom is -0.492 e. The highest BCUT2D eigenvalue weighted by Crippen LogP contribution is 2.40. The van der Waals surface area contributed by atoms with Crippen LogP contribution in [0.25, 0.3) is 11.3 Å². The largest absolute Gasteiger partial charge is 0.492 e. The molecule has 2 heterocycles. The Morgan fingerprint density at radius 1 is 1.26 bits per heavy atom. The van der Waals surface area contributed by atoms with Crippen LogP contribution in [0.2, 0.25) is 0 Å². The van der Waals surface area contributed by atoms with Gasteiger partial charge >= 0.3 is 0 Å². The topological polar surface area (TPSA) is 120 Å². The van der Waals surface area contributed by atoms with E-state index < -0.39 is 17.5 Å². The maximum atomic E-state index is 14.9. The lowest BCUT2D eigenvalue weighted by atomic mass is 9.86. The molecule has 0 bridgehead atoms. The number of halogens is 2. The first-order chi connectivity index (χ1) is 18.4. The molecule has 3 aromatic rings. The summed E-state index contributed by atoms with van der Waals surface area (Å²) in [6.07, 6.45) is 2.38. The van der Waals surface area contributed by atoms with Gasteiger partial charge < -0.3 is 25.4 Å². The van der Waals surface area contributed by atoms with Crippen molar-refractivity contribution in [3.05, 3.63) is 71.6 Å². The van der Waals surface area contributed by atoms with Gasteiger partial charge in [0.15, 0.2) is 11.6 Å². The van der Waals surface area contributed by atoms with Crippen molar-refractivity contribution in [3.8, 4) is 22.8 Å². The molecular formula is C28H29F2N5O4. The van der Waals surface area contributed by atoms with Crippen molar-refractivity contribution in [2.45, 2.75) is 26.2 Å². The summed E-state index contributed by atoms with van der Waals surface area (Å²) in [5.74, 6) is -1.91. The molecule has 2 aromatic carbocycles. The van der Waals surface area contributed by atoms with Crippen molar-refractivity contribution in [1.82, 2.24) is 14.9 Å². The second kappa shape index (κ2) is 10.7. The number of carbonyl (C=O) groups excluding carboxylic acids is 2. The fraction of sp³-hybridized carbons (Fsp3) is 0.286. The summed E-state index contributed by atoms with van der Waals surface area (Å²) in [6, 6.07) is 5.01. The van der Waals surface area contributed by atoms with Crippen LogP contribution < -0.4 is 20.5 Å². The van der Waals surface area contributed by atoms with Gasteiger partial charge in [-0.25, -0.2) is 18.7 Å². The van der Waals surface area contributed by atoms with E-state index in [9.17, 15) is 18.4 Å². The van der Waals surface area contributed by atoms with Crippen LogP contribution in [0.1, 0.15) is 35.3 Å². The molecule has 1 aromatic heterocycles. The lowest BCUT2D eigenvalue weighted by Crippen LogP contribution is -2.29. The number of amides is 2. The van der Waals surface area contributed by atoms with Gasteiger partial charge in [0, 0.05) is 29.3 Å². The van der Waals surface area contributed by atoms with Crippen molar-refractivity contribution in [3.63, 3.8) is 0 Å². The zero-order chi connectivity index (χ0) is 28.5. The maximum absolute atomic E-state index is 14.9. The van der Waals surface area contributed by atoms with Crippen LogP contribution in [-0.2, 0) is 10.2 Å². The maximum Gasteiger partial charge on any atom is 0.258 e. The Labute approximate surface area is 224 Å². The van der Waals surface area contributed by atoms with Crippen LogP contribution in [0.3, 0.4) is 0 Å². The molecule has 0 unspecified atom stereocenters. The number of carbonyl (C=O) groups is 2. The number of hydrogen-bond donors (Lipinski definition) is 2. The molecule has 11 heteroatoms. The van der Waals surface area contributed by atoms with E-state index in [0.717, 1.165) is 6.07 Å². The number of benzene rings is 2. The quantitative estimate of drug-likeness (QED) is 0.412. The zero-order valence-corrected chi connectivity index (χ0v) is 22.1. The average Bonchev–Trinajstić information content (AvgIpc) is 3.18. The number of aromatic nitrogens is 2. The molecule has 1 aliphatic heterocycles. The van der Waals surface area contributed by atoms with E-state index in [2.05, 4.69) is 21.9 Å². The van der Waals surface area contributed by atoms with Gasteiger partial charge in [0.2, 0.25) is 5.91 Å². The fourth-order valence-electron chi connectivity index (χ4n) is 4.23. The van der Waals surface area contributed by atoms with Crippen LogP contribution in [0.15, 0.2) is 43.2 Å². The van der Waals surface area contributed by atoms with E-state index in [1.807, 2.05) is 13.8 Å². The van der Waals surface area contributed by atoms with Gasteiger partial charge in [-0.05, 0) is 42.8 Å². The molecule has 2 amide bonds. The van der Waals surface area contributed by atoms with Crippen molar-refractivity contribution in [2.75, 3.05) is 37.9 Å². The predicted molar refractivity (Wildman–Crippen MR) is 143 cm³/mol. The molecule has 0 fully saturated rings. The van der Waals surface area contributed by atoms with Crippen molar-refractivity contribution < 1.29 is 27.8 Å². The van der Waals surface area contributed by atoms with Crippen molar-refractivity contribution >= 4 is 23.3 Å². The molecule has 0 spiro atoms. The molecule has 3 N–H and O–H groups in total. The number of anilines is 2. The number of nitrogen functional groups attached to an aromatic ring is 1. The summed E-state index contributed by atoms with van der Waals surface area (Å²) in [5.41, 5.74) is 7.11. The Balaban J connectivity index is 1.64. The van der Waals surface area contributed by atoms with E-state index in [0.29, 0.717) is 23.5 Å². The standard InChI is InChI=1S/C28H29F2N5O4/c1-6-23(36)35(5)7-8-38-25-24(32-14-33-26(25)31)17-9-16(29)10-21(15(17)2)34-27(37)18-11-22-19(12-20(18)30)28(3,4)13-39-22/h6,9-12,14H,1,7-8,13H2,2-5H3,(H,34,37)(H2,31,32,33). The molecule has 0 atom stereocenters. The van der Waals surface area contributed by atoms with Gasteiger partial charge in [-0.1, -0.05) is 20.4 Å². The molecule has 39 heavy (non-hydrogen) atoms. The smallest absolute Gasteiger partial charge is 0.258 e. The molecule has 0 radical (unpaired) electrons. The van der Waals surface area contributed by atoms with E-state index in [4.69, 9.17) is 15.2 Å². The summed E-state index contributed by atoms with van der Waals surface area (Å²) >= 11 is 0. The zero-order valence-electron chi connectivity index (χ0n) is 22.1. The number of nitrogens with one attached hydrogen (secondary N) is 1. The minimum atomic E-state index is -0.767. The lowest BCUT2D eigenvalue weighted by Gasteiger charge is -2.19. The summed E-state index contributed by atoms with van der Waals surface area (Å²) in [7, 11) is 1.58. The second-order valence-corrected chi connectivity index (χ2v) is 9.83. The number of nitrogens with two attached hydrogens (primary N) is 1. The molecule has 0 saturated heterocycles. The number of ether oxygens (including phenoxy) is 2. The SMILES string of the molecule is C=CC(=O)N(C)CCOc1c(N)ncnc1-c1cc(F)cc(NC(=O)c2cc3c(cc2F)C(C)(C)CO3)c1C. The van der Waals surface area contributed by atoms with Crippen molar-refractivity contribution in [2.24, 2.45) is 0 Å². The van der Waals surface area contributed by atoms with Crippen LogP contribution in [0, 0.1) is 18.6 Å². The third-order valence-corrected chi connectivity index (χ3v) is 6.56. The highest BCUT2D eigenvalue weighted by atomic mass is 19.1. The van der Waals surface area contributed by atoms with E-state index >= 15 is 0 Å². The highest BCUT2D eigenvalue weighted by Gasteiger charge is 2.34. The monoisotopic (exact) mass is 537 g/mol.